The molecule has 3 aromatic heterocycles. The van der Waals surface area contributed by atoms with Crippen LogP contribution in [0.25, 0.3) is 27.8 Å². The van der Waals surface area contributed by atoms with Crippen LogP contribution in [0.5, 0.6) is 0 Å². The fraction of sp³-hybridized carbons (Fsp3) is 0.192. The minimum absolute atomic E-state index is 0.0784. The van der Waals surface area contributed by atoms with Crippen LogP contribution in [-0.4, -0.2) is 47.7 Å². The largest absolute Gasteiger partial charge is 0.353 e. The Morgan fingerprint density at radius 1 is 1.14 bits per heavy atom. The molecule has 2 N–H and O–H groups in total. The van der Waals surface area contributed by atoms with E-state index in [9.17, 15) is 8.60 Å². The molecule has 0 saturated carbocycles. The van der Waals surface area contributed by atoms with E-state index in [2.05, 4.69) is 27.7 Å². The number of hydrogen-bond acceptors (Lipinski definition) is 5. The lowest BCUT2D eigenvalue weighted by Crippen LogP contribution is -2.37. The fourth-order valence-electron chi connectivity index (χ4n) is 5.00. The minimum Gasteiger partial charge on any atom is -0.353 e. The van der Waals surface area contributed by atoms with Crippen LogP contribution in [-0.2, 0) is 9.92 Å². The molecule has 1 atom stereocenters. The van der Waals surface area contributed by atoms with Gasteiger partial charge in [0.2, 0.25) is 0 Å². The van der Waals surface area contributed by atoms with Crippen LogP contribution in [0.3, 0.4) is 0 Å². The summed E-state index contributed by atoms with van der Waals surface area (Å²) in [6, 6.07) is 15.6. The molecule has 0 radical (unpaired) electrons. The van der Waals surface area contributed by atoms with Gasteiger partial charge < -0.3 is 4.98 Å². The Kier molecular flexibility index (Phi) is 5.42. The first kappa shape index (κ1) is 22.6. The zero-order valence-corrected chi connectivity index (χ0v) is 20.2. The highest BCUT2D eigenvalue weighted by Crippen LogP contribution is 2.37. The van der Waals surface area contributed by atoms with Gasteiger partial charge in [0.1, 0.15) is 32.8 Å². The van der Waals surface area contributed by atoms with Crippen LogP contribution in [0.2, 0.25) is 0 Å². The zero-order chi connectivity index (χ0) is 24.9. The third kappa shape index (κ3) is 3.69. The van der Waals surface area contributed by atoms with Crippen molar-refractivity contribution in [2.45, 2.75) is 23.7 Å². The molecule has 1 aliphatic rings. The summed E-state index contributed by atoms with van der Waals surface area (Å²) in [4.78, 5) is 17.3. The molecule has 0 amide bonds. The summed E-state index contributed by atoms with van der Waals surface area (Å²) in [6.45, 7) is 4.59. The third-order valence-electron chi connectivity index (χ3n) is 6.80. The Bertz CT molecular complexity index is 1680. The normalized spacial score (nSPS) is 16.9. The van der Waals surface area contributed by atoms with E-state index in [1.165, 1.54) is 18.2 Å². The van der Waals surface area contributed by atoms with Crippen molar-refractivity contribution in [1.82, 2.24) is 23.7 Å². The third-order valence-corrected chi connectivity index (χ3v) is 8.78. The molecule has 182 valence electrons. The average molecular weight is 502 g/mol. The minimum atomic E-state index is -3.27. The number of aromatic nitrogens is 4. The van der Waals surface area contributed by atoms with Crippen LogP contribution >= 0.6 is 0 Å². The van der Waals surface area contributed by atoms with Gasteiger partial charge in [-0.15, -0.1) is 0 Å². The van der Waals surface area contributed by atoms with Gasteiger partial charge in [0.25, 0.3) is 0 Å². The van der Waals surface area contributed by atoms with Crippen molar-refractivity contribution >= 4 is 38.9 Å². The fourth-order valence-corrected chi connectivity index (χ4v) is 6.56. The Balaban J connectivity index is 1.36. The number of piperidine rings is 1. The number of halogens is 1. The number of nitrogens with zero attached hydrogens (tertiary/aromatic N) is 5. The molecule has 6 rings (SSSR count). The topological polar surface area (TPSA) is 102 Å². The number of H-pyrrole nitrogens is 1. The molecule has 5 aromatic rings. The first-order valence-electron chi connectivity index (χ1n) is 11.7. The maximum absolute atomic E-state index is 13.7. The van der Waals surface area contributed by atoms with E-state index in [-0.39, 0.29) is 10.8 Å². The van der Waals surface area contributed by atoms with Crippen molar-refractivity contribution in [1.29, 1.82) is 4.78 Å². The SMILES string of the molecule is C=Nc1nccn2c(C3CCN(S(=N)(=O)c4cccc(F)c4)CC3)nc(-c3cc4ccccc4[nH]3)c12. The van der Waals surface area contributed by atoms with E-state index in [0.29, 0.717) is 31.7 Å². The van der Waals surface area contributed by atoms with Crippen LogP contribution < -0.4 is 0 Å². The molecule has 1 aliphatic heterocycles. The number of rotatable bonds is 5. The molecule has 10 heteroatoms. The lowest BCUT2D eigenvalue weighted by molar-refractivity contribution is 0.323. The van der Waals surface area contributed by atoms with Gasteiger partial charge in [-0.2, -0.15) is 0 Å². The number of aliphatic imine (C=N–C) groups is 1. The van der Waals surface area contributed by atoms with Gasteiger partial charge in [0.15, 0.2) is 5.82 Å². The first-order chi connectivity index (χ1) is 17.5. The van der Waals surface area contributed by atoms with Crippen LogP contribution in [0.1, 0.15) is 24.6 Å². The van der Waals surface area contributed by atoms with E-state index in [1.54, 1.807) is 16.6 Å². The predicted molar refractivity (Wildman–Crippen MR) is 139 cm³/mol. The summed E-state index contributed by atoms with van der Waals surface area (Å²) in [6.07, 6.45) is 4.89. The number of nitrogens with one attached hydrogen (secondary N) is 2. The highest BCUT2D eigenvalue weighted by Gasteiger charge is 2.31. The molecule has 1 unspecified atom stereocenters. The van der Waals surface area contributed by atoms with Crippen molar-refractivity contribution < 1.29 is 8.60 Å². The monoisotopic (exact) mass is 501 g/mol. The summed E-state index contributed by atoms with van der Waals surface area (Å²) in [5.74, 6) is 0.959. The molecule has 1 saturated heterocycles. The van der Waals surface area contributed by atoms with Gasteiger partial charge >= 0.3 is 0 Å². The van der Waals surface area contributed by atoms with Gasteiger partial charge in [0, 0.05) is 42.3 Å². The number of imidazole rings is 1. The van der Waals surface area contributed by atoms with E-state index < -0.39 is 15.7 Å². The van der Waals surface area contributed by atoms with Gasteiger partial charge in [-0.25, -0.2) is 32.6 Å². The smallest absolute Gasteiger partial charge is 0.178 e. The van der Waals surface area contributed by atoms with Crippen LogP contribution in [0, 0.1) is 10.6 Å². The zero-order valence-electron chi connectivity index (χ0n) is 19.4. The Labute approximate surface area is 207 Å². The molecule has 8 nitrogen and oxygen atoms in total. The van der Waals surface area contributed by atoms with E-state index in [0.717, 1.165) is 33.6 Å². The molecule has 1 fully saturated rings. The molecule has 0 aliphatic carbocycles. The maximum Gasteiger partial charge on any atom is 0.178 e. The number of benzene rings is 2. The first-order valence-corrected chi connectivity index (χ1v) is 13.2. The second kappa shape index (κ2) is 8.65. The Morgan fingerprint density at radius 3 is 2.69 bits per heavy atom. The van der Waals surface area contributed by atoms with Gasteiger partial charge in [-0.05, 0) is 49.9 Å². The number of aromatic amines is 1. The van der Waals surface area contributed by atoms with Gasteiger partial charge in [0.05, 0.1) is 10.6 Å². The summed E-state index contributed by atoms with van der Waals surface area (Å²) in [7, 11) is -3.27. The Hall–Kier alpha value is -3.89. The maximum atomic E-state index is 13.7. The highest BCUT2D eigenvalue weighted by atomic mass is 32.2. The van der Waals surface area contributed by atoms with E-state index in [4.69, 9.17) is 9.76 Å². The molecule has 0 bridgehead atoms. The van der Waals surface area contributed by atoms with Gasteiger partial charge in [-0.3, -0.25) is 4.40 Å². The summed E-state index contributed by atoms with van der Waals surface area (Å²) < 4.78 is 39.2. The number of fused-ring (bicyclic) bond motifs is 2. The second-order valence-corrected chi connectivity index (χ2v) is 10.9. The second-order valence-electron chi connectivity index (χ2n) is 8.90. The Morgan fingerprint density at radius 2 is 1.94 bits per heavy atom. The summed E-state index contributed by atoms with van der Waals surface area (Å²) in [5, 5.41) is 1.09. The lowest BCUT2D eigenvalue weighted by Gasteiger charge is -2.32. The highest BCUT2D eigenvalue weighted by molar-refractivity contribution is 7.90. The molecule has 36 heavy (non-hydrogen) atoms. The lowest BCUT2D eigenvalue weighted by atomic mass is 9.97. The quantitative estimate of drug-likeness (QED) is 0.309. The van der Waals surface area contributed by atoms with Crippen molar-refractivity contribution in [2.24, 2.45) is 4.99 Å². The van der Waals surface area contributed by atoms with Crippen molar-refractivity contribution in [3.05, 3.63) is 78.6 Å². The molecule has 0 spiro atoms. The predicted octanol–water partition coefficient (Wildman–Crippen LogP) is 5.55. The number of para-hydroxylation sites is 1. The molecule has 4 heterocycles. The van der Waals surface area contributed by atoms with Crippen LogP contribution in [0.15, 0.2) is 76.9 Å². The van der Waals surface area contributed by atoms with Crippen molar-refractivity contribution in [3.8, 4) is 11.4 Å². The number of hydrogen-bond donors (Lipinski definition) is 2. The van der Waals surface area contributed by atoms with Crippen LogP contribution in [0.4, 0.5) is 10.2 Å². The molecule has 2 aromatic carbocycles. The van der Waals surface area contributed by atoms with Crippen molar-refractivity contribution in [2.75, 3.05) is 13.1 Å². The van der Waals surface area contributed by atoms with E-state index >= 15 is 0 Å². The molecular formula is C26H24FN7OS. The molecular weight excluding hydrogens is 477 g/mol. The van der Waals surface area contributed by atoms with E-state index in [1.807, 2.05) is 34.9 Å². The van der Waals surface area contributed by atoms with Crippen molar-refractivity contribution in [3.63, 3.8) is 0 Å². The summed E-state index contributed by atoms with van der Waals surface area (Å²) in [5.41, 5.74) is 3.42. The van der Waals surface area contributed by atoms with Gasteiger partial charge in [-0.1, -0.05) is 24.3 Å². The average Bonchev–Trinajstić information content (AvgIpc) is 3.50. The standard InChI is InChI=1S/C26H24FN7OS/c1-29-25-24-23(22-15-18-5-2-3-8-21(18)31-22)32-26(34(24)14-11-30-25)17-9-12-33(13-10-17)36(28,35)20-7-4-6-19(27)16-20/h2-8,11,14-17,28,31H,1,9-10,12-13H2. The summed E-state index contributed by atoms with van der Waals surface area (Å²) >= 11 is 0.